The number of hydrogen-bond acceptors (Lipinski definition) is 21. The second kappa shape index (κ2) is 42.5. The molecule has 31 heteroatoms. The first-order valence-corrected chi connectivity index (χ1v) is 23.5. The van der Waals surface area contributed by atoms with Crippen molar-refractivity contribution in [3.05, 3.63) is 0 Å². The van der Waals surface area contributed by atoms with E-state index in [1.165, 1.54) is 27.7 Å². The molecule has 460 valence electrons. The Kier molecular flexibility index (Phi) is 48.3. The average molecular weight is 1190 g/mol. The van der Waals surface area contributed by atoms with Crippen LogP contribution in [0, 0.1) is 11.8 Å². The largest absolute Gasteiger partial charge is 1.00 e. The fourth-order valence-corrected chi connectivity index (χ4v) is 7.12. The minimum Gasteiger partial charge on any atom is -1.00 e. The number of carboxylic acids is 3. The van der Waals surface area contributed by atoms with Crippen LogP contribution in [-0.4, -0.2) is 217 Å². The van der Waals surface area contributed by atoms with Crippen LogP contribution in [-0.2, 0) is 47.8 Å². The van der Waals surface area contributed by atoms with Crippen LogP contribution < -0.4 is 53.1 Å². The second-order valence-electron chi connectivity index (χ2n) is 17.9. The molecule has 0 radical (unpaired) electrons. The van der Waals surface area contributed by atoms with E-state index in [1.54, 1.807) is 0 Å². The van der Waals surface area contributed by atoms with Crippen molar-refractivity contribution in [1.82, 2.24) is 16.8 Å². The lowest BCUT2D eigenvalue weighted by Crippen LogP contribution is -3.00. The van der Waals surface area contributed by atoms with Crippen molar-refractivity contribution in [2.24, 2.45) is 11.8 Å². The summed E-state index contributed by atoms with van der Waals surface area (Å²) in [6.45, 7) is 5.23. The number of aliphatic carboxylic acids is 3. The maximum absolute atomic E-state index is 12.3. The number of carboxylic acid groups (broad SMARTS) is 3. The van der Waals surface area contributed by atoms with Gasteiger partial charge in [0.15, 0.2) is 17.6 Å². The van der Waals surface area contributed by atoms with Gasteiger partial charge in [0, 0.05) is 25.7 Å². The first-order chi connectivity index (χ1) is 32.8. The third-order valence-electron chi connectivity index (χ3n) is 11.6. The number of hydrogen-bond donors (Lipinski definition) is 18. The van der Waals surface area contributed by atoms with Gasteiger partial charge in [-0.1, -0.05) is 42.5 Å². The van der Waals surface area contributed by atoms with Crippen LogP contribution >= 0.6 is 11.6 Å². The lowest BCUT2D eigenvalue weighted by atomic mass is 9.89. The quantitative estimate of drug-likeness (QED) is 0.0255. The molecule has 2 amide bonds. The van der Waals surface area contributed by atoms with Crippen LogP contribution in [0.4, 0.5) is 0 Å². The highest BCUT2D eigenvalue weighted by atomic mass is 35.5. The van der Waals surface area contributed by atoms with E-state index in [0.717, 1.165) is 19.4 Å². The summed E-state index contributed by atoms with van der Waals surface area (Å²) in [6.07, 6.45) is -11.2. The van der Waals surface area contributed by atoms with Crippen LogP contribution in [0.15, 0.2) is 0 Å². The molecule has 28 nitrogen and oxygen atoms in total. The molecule has 0 bridgehead atoms. The van der Waals surface area contributed by atoms with E-state index in [1.807, 2.05) is 0 Å². The number of ketones is 3. The number of carbonyl (C=O) groups is 8. The van der Waals surface area contributed by atoms with Crippen molar-refractivity contribution in [2.75, 3.05) is 19.8 Å². The standard InChI is InChI=1S/C22H38N2O11.C13H23ClN2O4.C8H14O8.3CH4.2ClH.H3N/c1-11(21(32)33)8-15(27)12(2)24-20(31)14(23)7-5-3-4-6-13(26)9-22(34)19(30)18(29)17(28)16(10-25)35-22;1-8(13(19)20)7-11(17)9(2)16-12(18)10(14)5-3-4-6-15;9-2-3-5(12)6(13)7(14)8(15,16-3)1-4(10)11;;;;;;/h11-12,14,16-19,25,28-30,34H,3-10,23H2,1-2H3,(H,24,31)(H,32,33);8-10H,3-7,15H2,1-2H3,(H,16,18)(H,19,20);3,5-7,9,12-15H,1-2H2,(H,10,11);3*1H4;2*1H;1H3/t11-,12+,14+,16-,17+,18+,19-,22+;8-,9+,10+;3-,5+,6+,7-,8+;;;;;;/m111....../s1. The maximum Gasteiger partial charge on any atom is 0.308 e. The Morgan fingerprint density at radius 1 is 0.597 bits per heavy atom. The Labute approximate surface area is 467 Å². The number of nitrogens with one attached hydrogen (secondary N) is 2. The van der Waals surface area contributed by atoms with Crippen molar-refractivity contribution in [2.45, 2.75) is 211 Å². The number of aliphatic hydroxyl groups excluding tert-OH is 8. The number of amides is 2. The van der Waals surface area contributed by atoms with Crippen LogP contribution in [0.25, 0.3) is 0 Å². The van der Waals surface area contributed by atoms with Crippen LogP contribution in [0.1, 0.15) is 127 Å². The van der Waals surface area contributed by atoms with Crippen molar-refractivity contribution >= 4 is 58.7 Å². The maximum atomic E-state index is 12.3. The molecule has 0 unspecified atom stereocenters. The molecule has 2 saturated heterocycles. The molecule has 2 heterocycles. The molecule has 2 fully saturated rings. The highest BCUT2D eigenvalue weighted by Gasteiger charge is 2.54. The molecule has 2 rings (SSSR count). The van der Waals surface area contributed by atoms with Crippen molar-refractivity contribution in [1.29, 1.82) is 0 Å². The van der Waals surface area contributed by atoms with E-state index in [0.29, 0.717) is 32.1 Å². The lowest BCUT2D eigenvalue weighted by Gasteiger charge is -2.45. The topological polar surface area (TPSA) is 532 Å². The van der Waals surface area contributed by atoms with Crippen molar-refractivity contribution in [3.8, 4) is 0 Å². The third kappa shape index (κ3) is 30.1. The van der Waals surface area contributed by atoms with Gasteiger partial charge in [0.1, 0.15) is 66.4 Å². The SMILES string of the molecule is C.C.C.C[C@H](CC(=O)[C@H](C)NC(=O)[C@@H](Cl)CCCC[NH3+])C(=O)O.C[C@H](CC(=O)[C@H](C)NC(=O)[C@@H]([NH3+])CCCCCC(=O)C[C@]1(O)O[C@H](CO)[C@H](O)[C@H](O)[C@H]1O)C(=O)O.N.O=C(O)C[C@]1(O)O[C@H](CO)[C@H](O)[C@H](O)[C@H]1O.[Cl-].[Cl-]. The van der Waals surface area contributed by atoms with E-state index in [4.69, 9.17) is 41.5 Å². The van der Waals surface area contributed by atoms with Gasteiger partial charge in [0.05, 0.1) is 50.1 Å². The Morgan fingerprint density at radius 3 is 1.34 bits per heavy atom. The minimum atomic E-state index is -2.53. The Balaban J connectivity index is -0.000000200. The number of halogens is 3. The molecule has 2 aliphatic rings. The van der Waals surface area contributed by atoms with Gasteiger partial charge in [-0.3, -0.25) is 38.4 Å². The fraction of sp³-hybridized carbons (Fsp3) is 0.826. The van der Waals surface area contributed by atoms with E-state index >= 15 is 0 Å². The Hall–Kier alpha value is -3.37. The summed E-state index contributed by atoms with van der Waals surface area (Å²) in [6, 6.07) is -2.20. The molecule has 0 aromatic heterocycles. The fourth-order valence-electron chi connectivity index (χ4n) is 6.90. The van der Waals surface area contributed by atoms with Crippen LogP contribution in [0.3, 0.4) is 0 Å². The van der Waals surface area contributed by atoms with Gasteiger partial charge in [0.2, 0.25) is 17.5 Å². The van der Waals surface area contributed by atoms with Gasteiger partial charge in [-0.2, -0.15) is 0 Å². The molecule has 24 N–H and O–H groups in total. The highest BCUT2D eigenvalue weighted by Crippen LogP contribution is 2.32. The molecule has 0 saturated carbocycles. The summed E-state index contributed by atoms with van der Waals surface area (Å²) in [4.78, 5) is 92.0. The summed E-state index contributed by atoms with van der Waals surface area (Å²) < 4.78 is 9.77. The number of carbonyl (C=O) groups excluding carboxylic acids is 5. The van der Waals surface area contributed by atoms with E-state index in [2.05, 4.69) is 22.1 Å². The predicted molar refractivity (Wildman–Crippen MR) is 266 cm³/mol. The monoisotopic (exact) mass is 1190 g/mol. The molecule has 0 aliphatic carbocycles. The number of rotatable bonds is 28. The first-order valence-electron chi connectivity index (χ1n) is 23.1. The zero-order valence-corrected chi connectivity index (χ0v) is 44.1. The number of quaternary nitrogens is 2. The summed E-state index contributed by atoms with van der Waals surface area (Å²) in [5, 5.41) is 126. The van der Waals surface area contributed by atoms with Gasteiger partial charge in [0.25, 0.3) is 5.91 Å². The normalized spacial score (nSPS) is 26.4. The number of alkyl halides is 1. The van der Waals surface area contributed by atoms with Gasteiger partial charge >= 0.3 is 17.9 Å². The predicted octanol–water partition coefficient (Wildman–Crippen LogP) is -10.3. The van der Waals surface area contributed by atoms with Gasteiger partial charge in [-0.05, 0) is 46.0 Å². The zero-order chi connectivity index (χ0) is 55.1. The minimum absolute atomic E-state index is 0. The van der Waals surface area contributed by atoms with Gasteiger partial charge < -0.3 is 129 Å². The van der Waals surface area contributed by atoms with Crippen LogP contribution in [0.5, 0.6) is 0 Å². The summed E-state index contributed by atoms with van der Waals surface area (Å²) in [5.74, 6) is -12.1. The van der Waals surface area contributed by atoms with E-state index < -0.39 is 151 Å². The molecular weight excluding hydrogens is 1100 g/mol. The van der Waals surface area contributed by atoms with Crippen molar-refractivity contribution < 1.29 is 150 Å². The number of aliphatic hydroxyl groups is 10. The summed E-state index contributed by atoms with van der Waals surface area (Å²) in [7, 11) is 0. The zero-order valence-electron chi connectivity index (χ0n) is 41.8. The Bertz CT molecular complexity index is 1750. The first kappa shape index (κ1) is 87.5. The molecule has 77 heavy (non-hydrogen) atoms. The molecule has 0 spiro atoms. The van der Waals surface area contributed by atoms with Crippen LogP contribution in [0.2, 0.25) is 0 Å². The van der Waals surface area contributed by atoms with E-state index in [9.17, 15) is 84.3 Å². The molecule has 0 aromatic rings. The highest BCUT2D eigenvalue weighted by molar-refractivity contribution is 6.30. The number of Topliss-reactive ketones (excluding diaryl/α,β-unsaturated/α-hetero) is 3. The summed E-state index contributed by atoms with van der Waals surface area (Å²) in [5.41, 5.74) is 7.47. The Morgan fingerprint density at radius 2 is 0.974 bits per heavy atom. The van der Waals surface area contributed by atoms with Gasteiger partial charge in [-0.15, -0.1) is 11.6 Å². The van der Waals surface area contributed by atoms with Gasteiger partial charge in [-0.25, -0.2) is 0 Å². The molecule has 16 atom stereocenters. The number of ether oxygens (including phenoxy) is 2. The third-order valence-corrected chi connectivity index (χ3v) is 12.0. The molecule has 2 aliphatic heterocycles. The molecular formula is C46H92Cl3N5O23. The number of unbranched alkanes of at least 4 members (excludes halogenated alkanes) is 3. The van der Waals surface area contributed by atoms with Crippen molar-refractivity contribution in [3.63, 3.8) is 0 Å². The average Bonchev–Trinajstić information content (AvgIpc) is 3.29. The smallest absolute Gasteiger partial charge is 0.308 e. The summed E-state index contributed by atoms with van der Waals surface area (Å²) >= 11 is 5.93. The lowest BCUT2D eigenvalue weighted by molar-refractivity contribution is -0.405. The van der Waals surface area contributed by atoms with E-state index in [-0.39, 0.29) is 90.0 Å². The molecule has 0 aromatic carbocycles. The second-order valence-corrected chi connectivity index (χ2v) is 18.4.